The molecule has 0 aliphatic carbocycles. The molecule has 0 saturated carbocycles. The number of hydrogen-bond donors (Lipinski definition) is 4. The fraction of sp³-hybridized carbons (Fsp3) is 0.438. The molecule has 2 fully saturated rings. The number of nitrogens with one attached hydrogen (secondary N) is 4. The number of piperidine rings is 1. The molecule has 0 spiro atoms. The Hall–Kier alpha value is -4.74. The quantitative estimate of drug-likeness (QED) is 0.194. The van der Waals surface area contributed by atoms with Gasteiger partial charge in [-0.1, -0.05) is 11.6 Å². The number of rotatable bonds is 10. The van der Waals surface area contributed by atoms with Crippen LogP contribution >= 0.6 is 11.6 Å². The predicted molar refractivity (Wildman–Crippen MR) is 175 cm³/mol. The maximum Gasteiger partial charge on any atom is 0.435 e. The van der Waals surface area contributed by atoms with Gasteiger partial charge in [-0.15, -0.1) is 0 Å². The van der Waals surface area contributed by atoms with Crippen molar-refractivity contribution in [2.45, 2.75) is 31.9 Å². The molecule has 18 heteroatoms. The van der Waals surface area contributed by atoms with Crippen molar-refractivity contribution < 1.29 is 32.3 Å². The zero-order valence-corrected chi connectivity index (χ0v) is 27.9. The predicted octanol–water partition coefficient (Wildman–Crippen LogP) is 3.31. The Morgan fingerprint density at radius 3 is 2.52 bits per heavy atom. The van der Waals surface area contributed by atoms with Gasteiger partial charge in [0.2, 0.25) is 5.91 Å². The lowest BCUT2D eigenvalue weighted by Gasteiger charge is -2.37. The number of aromatic nitrogens is 6. The van der Waals surface area contributed by atoms with Crippen LogP contribution in [0.3, 0.4) is 0 Å². The number of halogens is 4. The van der Waals surface area contributed by atoms with E-state index < -0.39 is 17.8 Å². The third kappa shape index (κ3) is 7.84. The number of H-pyrrole nitrogens is 2. The summed E-state index contributed by atoms with van der Waals surface area (Å²) in [5, 5.41) is 16.5. The number of anilines is 1. The minimum Gasteiger partial charge on any atom is -0.384 e. The number of alkyl halides is 3. The Labute approximate surface area is 289 Å². The van der Waals surface area contributed by atoms with Gasteiger partial charge in [-0.3, -0.25) is 19.5 Å². The van der Waals surface area contributed by atoms with Crippen LogP contribution < -0.4 is 10.6 Å². The molecule has 5 heterocycles. The van der Waals surface area contributed by atoms with Crippen molar-refractivity contribution in [3.8, 4) is 5.69 Å². The first kappa shape index (κ1) is 35.1. The van der Waals surface area contributed by atoms with Gasteiger partial charge in [-0.2, -0.15) is 23.4 Å². The molecule has 0 radical (unpaired) electrons. The van der Waals surface area contributed by atoms with E-state index in [-0.39, 0.29) is 57.5 Å². The summed E-state index contributed by atoms with van der Waals surface area (Å²) in [6.45, 7) is 3.66. The van der Waals surface area contributed by atoms with Crippen LogP contribution in [-0.4, -0.2) is 110 Å². The summed E-state index contributed by atoms with van der Waals surface area (Å²) in [6, 6.07) is 4.48. The molecule has 4 aromatic rings. The highest BCUT2D eigenvalue weighted by atomic mass is 35.5. The van der Waals surface area contributed by atoms with E-state index in [1.54, 1.807) is 4.90 Å². The molecule has 6 rings (SSSR count). The van der Waals surface area contributed by atoms with E-state index in [0.29, 0.717) is 50.6 Å². The van der Waals surface area contributed by atoms with Crippen molar-refractivity contribution in [1.82, 2.24) is 45.1 Å². The number of ether oxygens (including phenoxy) is 1. The van der Waals surface area contributed by atoms with E-state index >= 15 is 0 Å². The van der Waals surface area contributed by atoms with Crippen molar-refractivity contribution in [3.05, 3.63) is 75.8 Å². The molecule has 2 saturated heterocycles. The number of benzene rings is 1. The number of carbonyl (C=O) groups excluding carboxylic acids is 3. The average Bonchev–Trinajstić information content (AvgIpc) is 3.88. The van der Waals surface area contributed by atoms with Crippen molar-refractivity contribution in [2.75, 3.05) is 58.3 Å². The number of methoxy groups -OCH3 is 1. The number of amides is 3. The minimum absolute atomic E-state index is 0.0178. The van der Waals surface area contributed by atoms with Crippen molar-refractivity contribution >= 4 is 35.0 Å². The second-order valence-electron chi connectivity index (χ2n) is 12.1. The summed E-state index contributed by atoms with van der Waals surface area (Å²) >= 11 is 6.47. The van der Waals surface area contributed by atoms with Gasteiger partial charge in [0.1, 0.15) is 5.69 Å². The second-order valence-corrected chi connectivity index (χ2v) is 12.6. The maximum atomic E-state index is 14.0. The van der Waals surface area contributed by atoms with E-state index in [2.05, 4.69) is 35.9 Å². The van der Waals surface area contributed by atoms with Crippen molar-refractivity contribution in [3.63, 3.8) is 0 Å². The molecular formula is C32H36ClF3N10O4. The molecule has 0 atom stereocenters. The molecule has 0 bridgehead atoms. The Morgan fingerprint density at radius 2 is 1.82 bits per heavy atom. The van der Waals surface area contributed by atoms with Crippen LogP contribution in [0.5, 0.6) is 0 Å². The molecule has 1 aromatic carbocycles. The summed E-state index contributed by atoms with van der Waals surface area (Å²) in [5.74, 6) is -0.914. The Morgan fingerprint density at radius 1 is 1.08 bits per heavy atom. The third-order valence-corrected chi connectivity index (χ3v) is 9.12. The zero-order valence-electron chi connectivity index (χ0n) is 27.1. The van der Waals surface area contributed by atoms with Gasteiger partial charge in [0.15, 0.2) is 11.5 Å². The van der Waals surface area contributed by atoms with Crippen LogP contribution in [0.2, 0.25) is 5.02 Å². The van der Waals surface area contributed by atoms with Crippen LogP contribution in [0, 0.1) is 5.92 Å². The van der Waals surface area contributed by atoms with Crippen molar-refractivity contribution in [2.24, 2.45) is 5.92 Å². The molecule has 50 heavy (non-hydrogen) atoms. The van der Waals surface area contributed by atoms with E-state index in [0.717, 1.165) is 30.6 Å². The van der Waals surface area contributed by atoms with E-state index in [1.807, 2.05) is 4.90 Å². The number of nitrogens with zero attached hydrogens (tertiary/aromatic N) is 6. The highest BCUT2D eigenvalue weighted by Crippen LogP contribution is 2.33. The molecule has 3 aromatic heterocycles. The van der Waals surface area contributed by atoms with Gasteiger partial charge in [-0.05, 0) is 44.1 Å². The summed E-state index contributed by atoms with van der Waals surface area (Å²) in [7, 11) is 1.52. The van der Waals surface area contributed by atoms with Gasteiger partial charge in [0.05, 0.1) is 29.1 Å². The number of aromatic amines is 2. The Bertz CT molecular complexity index is 1840. The average molecular weight is 717 g/mol. The van der Waals surface area contributed by atoms with Gasteiger partial charge in [0, 0.05) is 81.4 Å². The van der Waals surface area contributed by atoms with E-state index in [1.165, 1.54) is 43.9 Å². The topological polar surface area (TPSA) is 166 Å². The fourth-order valence-corrected chi connectivity index (χ4v) is 6.41. The summed E-state index contributed by atoms with van der Waals surface area (Å²) < 4.78 is 48.0. The lowest BCUT2D eigenvalue weighted by atomic mass is 9.96. The highest BCUT2D eigenvalue weighted by molar-refractivity contribution is 6.34. The fourth-order valence-electron chi connectivity index (χ4n) is 6.15. The van der Waals surface area contributed by atoms with Gasteiger partial charge in [0.25, 0.3) is 11.8 Å². The van der Waals surface area contributed by atoms with Crippen LogP contribution in [0.25, 0.3) is 5.69 Å². The molecule has 266 valence electrons. The number of piperazine rings is 1. The lowest BCUT2D eigenvalue weighted by molar-refractivity contribution is -0.142. The Kier molecular flexibility index (Phi) is 10.5. The van der Waals surface area contributed by atoms with Crippen LogP contribution in [0.1, 0.15) is 56.5 Å². The van der Waals surface area contributed by atoms with Gasteiger partial charge < -0.3 is 30.2 Å². The number of hydrogen-bond acceptors (Lipinski definition) is 8. The van der Waals surface area contributed by atoms with Crippen LogP contribution in [0.4, 0.5) is 18.9 Å². The molecular weight excluding hydrogens is 681 g/mol. The van der Waals surface area contributed by atoms with E-state index in [9.17, 15) is 27.6 Å². The summed E-state index contributed by atoms with van der Waals surface area (Å²) in [5.41, 5.74) is 0.511. The monoisotopic (exact) mass is 716 g/mol. The second kappa shape index (κ2) is 15.0. The molecule has 2 aliphatic heterocycles. The normalized spacial score (nSPS) is 15.8. The maximum absolute atomic E-state index is 14.0. The smallest absolute Gasteiger partial charge is 0.384 e. The summed E-state index contributed by atoms with van der Waals surface area (Å²) in [6.07, 6.45) is 0.996. The number of carbonyl (C=O) groups is 3. The minimum atomic E-state index is -4.73. The molecule has 2 aliphatic rings. The Balaban J connectivity index is 1.07. The van der Waals surface area contributed by atoms with Gasteiger partial charge >= 0.3 is 6.18 Å². The first-order valence-corrected chi connectivity index (χ1v) is 16.5. The summed E-state index contributed by atoms with van der Waals surface area (Å²) in [4.78, 5) is 49.4. The number of imidazole rings is 1. The lowest BCUT2D eigenvalue weighted by Crippen LogP contribution is -2.52. The standard InChI is InChI=1S/C32H36ClF3N10O4/c1-50-13-6-25-26(17-39-42-25)46-18-20(27(43-46)32(34,35)36)14-22-16-38-28(40-22)29(47)41-21-2-3-23(24(33)15-21)31(49)45-11-9-44(10-12-45)30(48)19-4-7-37-8-5-19/h2-3,15-19,37H,4-14H2,1H3,(H,38,40)(H,39,42)(H,41,47). The third-order valence-electron chi connectivity index (χ3n) is 8.81. The first-order chi connectivity index (χ1) is 24.0. The van der Waals surface area contributed by atoms with Crippen LogP contribution in [-0.2, 0) is 28.5 Å². The molecule has 3 amide bonds. The van der Waals surface area contributed by atoms with Gasteiger partial charge in [-0.25, -0.2) is 9.67 Å². The van der Waals surface area contributed by atoms with Crippen LogP contribution in [0.15, 0.2) is 36.8 Å². The molecule has 4 N–H and O–H groups in total. The molecule has 14 nitrogen and oxygen atoms in total. The SMILES string of the molecule is COCCc1[nH]ncc1-n1cc(Cc2cnc(C(=O)Nc3ccc(C(=O)N4CCN(C(=O)C5CCNCC5)CC4)c(Cl)c3)[nH]2)c(C(F)(F)F)n1. The van der Waals surface area contributed by atoms with E-state index in [4.69, 9.17) is 16.3 Å². The highest BCUT2D eigenvalue weighted by Gasteiger charge is 2.38. The first-order valence-electron chi connectivity index (χ1n) is 16.1. The zero-order chi connectivity index (χ0) is 35.4. The largest absolute Gasteiger partial charge is 0.435 e. The molecule has 0 unspecified atom stereocenters. The van der Waals surface area contributed by atoms with Crippen molar-refractivity contribution in [1.29, 1.82) is 0 Å².